The first-order valence-corrected chi connectivity index (χ1v) is 5.45. The van der Waals surface area contributed by atoms with Crippen LogP contribution in [0.2, 0.25) is 0 Å². The zero-order valence-corrected chi connectivity index (χ0v) is 9.12. The number of carbonyl (C=O) groups is 2. The van der Waals surface area contributed by atoms with Crippen molar-refractivity contribution in [3.05, 3.63) is 0 Å². The second-order valence-corrected chi connectivity index (χ2v) is 4.38. The Kier molecular flexibility index (Phi) is 4.12. The zero-order valence-electron chi connectivity index (χ0n) is 9.12. The van der Waals surface area contributed by atoms with E-state index in [1.807, 2.05) is 6.92 Å². The number of ether oxygens (including phenoxy) is 1. The number of hydrogen-bond acceptors (Lipinski definition) is 3. The molecule has 0 radical (unpaired) electrons. The average molecular weight is 214 g/mol. The van der Waals surface area contributed by atoms with Crippen LogP contribution in [0.1, 0.15) is 51.9 Å². The van der Waals surface area contributed by atoms with Gasteiger partial charge in [-0.1, -0.05) is 6.42 Å². The van der Waals surface area contributed by atoms with Crippen molar-refractivity contribution in [2.45, 2.75) is 57.5 Å². The highest BCUT2D eigenvalue weighted by Crippen LogP contribution is 2.31. The van der Waals surface area contributed by atoms with Gasteiger partial charge in [-0.3, -0.25) is 9.59 Å². The largest absolute Gasteiger partial charge is 0.481 e. The van der Waals surface area contributed by atoms with Gasteiger partial charge in [0, 0.05) is 0 Å². The van der Waals surface area contributed by atoms with Crippen molar-refractivity contribution in [1.82, 2.24) is 0 Å². The summed E-state index contributed by atoms with van der Waals surface area (Å²) in [5, 5.41) is 8.42. The summed E-state index contributed by atoms with van der Waals surface area (Å²) in [5.74, 6) is -1.34. The van der Waals surface area contributed by atoms with Gasteiger partial charge in [-0.15, -0.1) is 0 Å². The van der Waals surface area contributed by atoms with Crippen LogP contribution in [0.25, 0.3) is 0 Å². The summed E-state index contributed by atoms with van der Waals surface area (Å²) in [6.07, 6.45) is 4.99. The second-order valence-electron chi connectivity index (χ2n) is 4.38. The molecule has 0 aliphatic heterocycles. The molecule has 0 bridgehead atoms. The lowest BCUT2D eigenvalue weighted by atomic mass is 9.86. The van der Waals surface area contributed by atoms with E-state index >= 15 is 0 Å². The highest BCUT2D eigenvalue weighted by molar-refractivity contribution is 5.76. The SMILES string of the molecule is CC1(OC(=O)CCC(=O)O)CCCCC1. The third kappa shape index (κ3) is 4.32. The van der Waals surface area contributed by atoms with Crippen LogP contribution in [0.5, 0.6) is 0 Å². The molecule has 0 amide bonds. The lowest BCUT2D eigenvalue weighted by Crippen LogP contribution is -2.34. The molecule has 0 spiro atoms. The minimum absolute atomic E-state index is 0.0229. The molecule has 0 atom stereocenters. The molecule has 0 aromatic rings. The van der Waals surface area contributed by atoms with Crippen LogP contribution in [-0.2, 0) is 14.3 Å². The van der Waals surface area contributed by atoms with Crippen LogP contribution >= 0.6 is 0 Å². The third-order valence-corrected chi connectivity index (χ3v) is 2.81. The van der Waals surface area contributed by atoms with Gasteiger partial charge >= 0.3 is 11.9 Å². The first-order valence-electron chi connectivity index (χ1n) is 5.45. The van der Waals surface area contributed by atoms with E-state index in [1.54, 1.807) is 0 Å². The summed E-state index contributed by atoms with van der Waals surface area (Å²) >= 11 is 0. The first-order chi connectivity index (χ1) is 7.02. The van der Waals surface area contributed by atoms with Crippen molar-refractivity contribution in [3.8, 4) is 0 Å². The molecule has 0 aromatic carbocycles. The van der Waals surface area contributed by atoms with Crippen molar-refractivity contribution in [1.29, 1.82) is 0 Å². The summed E-state index contributed by atoms with van der Waals surface area (Å²) < 4.78 is 5.33. The van der Waals surface area contributed by atoms with Crippen LogP contribution in [-0.4, -0.2) is 22.6 Å². The molecule has 15 heavy (non-hydrogen) atoms. The molecule has 0 unspecified atom stereocenters. The molecule has 1 fully saturated rings. The van der Waals surface area contributed by atoms with Crippen LogP contribution in [0, 0.1) is 0 Å². The fourth-order valence-electron chi connectivity index (χ4n) is 1.94. The Morgan fingerprint density at radius 1 is 1.20 bits per heavy atom. The lowest BCUT2D eigenvalue weighted by Gasteiger charge is -2.33. The van der Waals surface area contributed by atoms with Gasteiger partial charge in [-0.25, -0.2) is 0 Å². The van der Waals surface area contributed by atoms with Gasteiger partial charge in [0.1, 0.15) is 5.60 Å². The molecule has 0 saturated heterocycles. The Morgan fingerprint density at radius 3 is 2.33 bits per heavy atom. The maximum absolute atomic E-state index is 11.3. The van der Waals surface area contributed by atoms with Gasteiger partial charge in [0.25, 0.3) is 0 Å². The van der Waals surface area contributed by atoms with Crippen LogP contribution in [0.15, 0.2) is 0 Å². The molecule has 1 saturated carbocycles. The monoisotopic (exact) mass is 214 g/mol. The minimum Gasteiger partial charge on any atom is -0.481 e. The predicted octanol–water partition coefficient (Wildman–Crippen LogP) is 2.12. The van der Waals surface area contributed by atoms with Gasteiger partial charge in [-0.05, 0) is 32.6 Å². The Hall–Kier alpha value is -1.06. The number of carboxylic acids is 1. The van der Waals surface area contributed by atoms with E-state index < -0.39 is 5.97 Å². The summed E-state index contributed by atoms with van der Waals surface area (Å²) in [5.41, 5.74) is -0.353. The maximum atomic E-state index is 11.3. The molecular formula is C11H18O4. The first kappa shape index (κ1) is 12.0. The van der Waals surface area contributed by atoms with Gasteiger partial charge in [0.2, 0.25) is 0 Å². The lowest BCUT2D eigenvalue weighted by molar-refractivity contribution is -0.162. The molecule has 4 nitrogen and oxygen atoms in total. The molecular weight excluding hydrogens is 196 g/mol. The number of rotatable bonds is 4. The van der Waals surface area contributed by atoms with Gasteiger partial charge in [0.15, 0.2) is 0 Å². The Bertz CT molecular complexity index is 241. The van der Waals surface area contributed by atoms with Gasteiger partial charge < -0.3 is 9.84 Å². The molecule has 0 heterocycles. The molecule has 1 aliphatic rings. The number of aliphatic carboxylic acids is 1. The van der Waals surface area contributed by atoms with Crippen molar-refractivity contribution >= 4 is 11.9 Å². The number of carboxylic acid groups (broad SMARTS) is 1. The molecule has 1 aliphatic carbocycles. The maximum Gasteiger partial charge on any atom is 0.306 e. The van der Waals surface area contributed by atoms with Crippen molar-refractivity contribution in [3.63, 3.8) is 0 Å². The van der Waals surface area contributed by atoms with Crippen LogP contribution in [0.4, 0.5) is 0 Å². The van der Waals surface area contributed by atoms with E-state index in [4.69, 9.17) is 9.84 Å². The summed E-state index contributed by atoms with van der Waals surface area (Å²) in [7, 11) is 0. The smallest absolute Gasteiger partial charge is 0.306 e. The molecule has 86 valence electrons. The summed E-state index contributed by atoms with van der Waals surface area (Å²) in [6, 6.07) is 0. The van der Waals surface area contributed by atoms with Crippen molar-refractivity contribution in [2.24, 2.45) is 0 Å². The Balaban J connectivity index is 2.32. The van der Waals surface area contributed by atoms with Crippen molar-refractivity contribution < 1.29 is 19.4 Å². The van der Waals surface area contributed by atoms with Crippen LogP contribution in [0.3, 0.4) is 0 Å². The molecule has 1 N–H and O–H groups in total. The minimum atomic E-state index is -0.958. The fourth-order valence-corrected chi connectivity index (χ4v) is 1.94. The number of carbonyl (C=O) groups excluding carboxylic acids is 1. The highest BCUT2D eigenvalue weighted by Gasteiger charge is 2.30. The van der Waals surface area contributed by atoms with E-state index in [-0.39, 0.29) is 24.4 Å². The van der Waals surface area contributed by atoms with E-state index in [9.17, 15) is 9.59 Å². The highest BCUT2D eigenvalue weighted by atomic mass is 16.6. The summed E-state index contributed by atoms with van der Waals surface area (Å²) in [4.78, 5) is 21.6. The third-order valence-electron chi connectivity index (χ3n) is 2.81. The second kappa shape index (κ2) is 5.14. The quantitative estimate of drug-likeness (QED) is 0.728. The summed E-state index contributed by atoms with van der Waals surface area (Å²) in [6.45, 7) is 1.94. The van der Waals surface area contributed by atoms with E-state index in [1.165, 1.54) is 6.42 Å². The van der Waals surface area contributed by atoms with Crippen molar-refractivity contribution in [2.75, 3.05) is 0 Å². The normalized spacial score (nSPS) is 19.5. The standard InChI is InChI=1S/C11H18O4/c1-11(7-3-2-4-8-11)15-10(14)6-5-9(12)13/h2-8H2,1H3,(H,12,13). The average Bonchev–Trinajstić information content (AvgIpc) is 2.15. The van der Waals surface area contributed by atoms with E-state index in [2.05, 4.69) is 0 Å². The van der Waals surface area contributed by atoms with Gasteiger partial charge in [0.05, 0.1) is 12.8 Å². The van der Waals surface area contributed by atoms with E-state index in [0.717, 1.165) is 25.7 Å². The van der Waals surface area contributed by atoms with Crippen LogP contribution < -0.4 is 0 Å². The topological polar surface area (TPSA) is 63.6 Å². The predicted molar refractivity (Wildman–Crippen MR) is 54.5 cm³/mol. The van der Waals surface area contributed by atoms with Gasteiger partial charge in [-0.2, -0.15) is 0 Å². The molecule has 0 aromatic heterocycles. The zero-order chi connectivity index (χ0) is 11.3. The Morgan fingerprint density at radius 2 is 1.80 bits per heavy atom. The molecule has 4 heteroatoms. The fraction of sp³-hybridized carbons (Fsp3) is 0.818. The number of esters is 1. The van der Waals surface area contributed by atoms with E-state index in [0.29, 0.717) is 0 Å². The number of hydrogen-bond donors (Lipinski definition) is 1. The Labute approximate surface area is 89.6 Å². The molecule has 1 rings (SSSR count).